The van der Waals surface area contributed by atoms with E-state index in [1.54, 1.807) is 0 Å². The highest BCUT2D eigenvalue weighted by Gasteiger charge is 2.67. The number of fused-ring (bicyclic) bond motifs is 4. The molecule has 5 nitrogen and oxygen atoms in total. The first kappa shape index (κ1) is 16.5. The first-order valence-electron chi connectivity index (χ1n) is 9.78. The average molecular weight is 354 g/mol. The van der Waals surface area contributed by atoms with Gasteiger partial charge < -0.3 is 9.84 Å². The normalized spacial score (nSPS) is 42.0. The lowest BCUT2D eigenvalue weighted by Crippen LogP contribution is -2.75. The fourth-order valence-electron chi connectivity index (χ4n) is 6.46. The summed E-state index contributed by atoms with van der Waals surface area (Å²) in [6, 6.07) is 8.69. The van der Waals surface area contributed by atoms with Crippen molar-refractivity contribution >= 4 is 17.4 Å². The number of carbonyl (C=O) groups excluding carboxylic acids is 1. The predicted molar refractivity (Wildman–Crippen MR) is 98.6 cm³/mol. The average Bonchev–Trinajstić information content (AvgIpc) is 3.06. The van der Waals surface area contributed by atoms with E-state index in [-0.39, 0.29) is 30.5 Å². The van der Waals surface area contributed by atoms with E-state index in [2.05, 4.69) is 30.0 Å². The smallest absolute Gasteiger partial charge is 0.316 e. The summed E-state index contributed by atoms with van der Waals surface area (Å²) >= 11 is 0. The maximum Gasteiger partial charge on any atom is 0.316 e. The maximum atomic E-state index is 13.0. The number of ether oxygens (including phenoxy) is 1. The molecule has 0 radical (unpaired) electrons. The zero-order valence-electron chi connectivity index (χ0n) is 15.4. The predicted octanol–water partition coefficient (Wildman–Crippen LogP) is 2.51. The van der Waals surface area contributed by atoms with Crippen LogP contribution < -0.4 is 0 Å². The lowest BCUT2D eigenvalue weighted by atomic mass is 9.52. The zero-order chi connectivity index (χ0) is 18.1. The molecule has 1 aromatic carbocycles. The molecule has 1 N–H and O–H groups in total. The van der Waals surface area contributed by atoms with Crippen molar-refractivity contribution in [2.75, 3.05) is 20.3 Å². The second kappa shape index (κ2) is 5.64. The first-order valence-corrected chi connectivity index (χ1v) is 9.78. The van der Waals surface area contributed by atoms with Gasteiger partial charge in [-0.1, -0.05) is 31.5 Å². The molecule has 5 heterocycles. The summed E-state index contributed by atoms with van der Waals surface area (Å²) < 4.78 is 5.25. The molecule has 138 valence electrons. The summed E-state index contributed by atoms with van der Waals surface area (Å²) in [5, 5.41) is 10.5. The van der Waals surface area contributed by atoms with Gasteiger partial charge in [-0.15, -0.1) is 0 Å². The van der Waals surface area contributed by atoms with Crippen molar-refractivity contribution < 1.29 is 14.6 Å². The number of benzene rings is 1. The molecule has 0 saturated carbocycles. The van der Waals surface area contributed by atoms with Crippen molar-refractivity contribution in [2.24, 2.45) is 22.2 Å². The number of piperidine rings is 4. The fraction of sp³-hybridized carbons (Fsp3) is 0.619. The molecule has 4 fully saturated rings. The summed E-state index contributed by atoms with van der Waals surface area (Å²) in [7, 11) is 1.45. The molecule has 7 atom stereocenters. The van der Waals surface area contributed by atoms with E-state index in [9.17, 15) is 9.90 Å². The first-order chi connectivity index (χ1) is 12.7. The van der Waals surface area contributed by atoms with Crippen LogP contribution in [-0.4, -0.2) is 54.0 Å². The number of aliphatic imine (C=N–C) groups is 1. The highest BCUT2D eigenvalue weighted by Crippen LogP contribution is 2.59. The summed E-state index contributed by atoms with van der Waals surface area (Å²) in [6.07, 6.45) is 2.76. The third-order valence-corrected chi connectivity index (χ3v) is 7.62. The van der Waals surface area contributed by atoms with Gasteiger partial charge in [-0.3, -0.25) is 14.7 Å². The van der Waals surface area contributed by atoms with E-state index in [1.807, 2.05) is 6.07 Å². The maximum absolute atomic E-state index is 13.0. The Kier molecular flexibility index (Phi) is 3.57. The molecule has 5 heteroatoms. The Labute approximate surface area is 154 Å². The number of nitrogens with zero attached hydrogens (tertiary/aromatic N) is 2. The number of esters is 1. The van der Waals surface area contributed by atoms with Crippen LogP contribution in [0.25, 0.3) is 0 Å². The van der Waals surface area contributed by atoms with Gasteiger partial charge in [-0.25, -0.2) is 0 Å². The summed E-state index contributed by atoms with van der Waals surface area (Å²) in [4.78, 5) is 20.4. The molecular formula is C21H26N2O3. The van der Waals surface area contributed by atoms with Crippen LogP contribution in [0.15, 0.2) is 29.3 Å². The summed E-state index contributed by atoms with van der Waals surface area (Å²) in [5.41, 5.74) is 2.84. The topological polar surface area (TPSA) is 62.1 Å². The van der Waals surface area contributed by atoms with Crippen molar-refractivity contribution in [3.8, 4) is 0 Å². The van der Waals surface area contributed by atoms with Gasteiger partial charge in [0.2, 0.25) is 0 Å². The van der Waals surface area contributed by atoms with Gasteiger partial charge in [0.15, 0.2) is 0 Å². The van der Waals surface area contributed by atoms with E-state index in [0.29, 0.717) is 12.0 Å². The summed E-state index contributed by atoms with van der Waals surface area (Å²) in [5.74, 6) is 0.627. The standard InChI is InChI=1S/C21H26N2O3/c1-3-12-10-23-17-9-15(12)21(11-24,20(25)26-2)18(23)8-14-13-6-4-5-7-16(13)22-19(14)17/h4-7,12,14-15,17-18,24H,3,8-11H2,1-2H3/t12-,14+,15-,17-,18-,21-/m0/s1. The van der Waals surface area contributed by atoms with Gasteiger partial charge in [0, 0.05) is 30.3 Å². The van der Waals surface area contributed by atoms with Crippen molar-refractivity contribution in [3.05, 3.63) is 29.8 Å². The SMILES string of the molecule is CC[C@H]1CN2[C@H]3C[C@H]4C(=Nc5ccccc54)[C@@H]2C[C@@H]1[C@]3(CO)C(=O)OC. The number of hydrogen-bond acceptors (Lipinski definition) is 5. The Bertz CT molecular complexity index is 791. The molecule has 4 saturated heterocycles. The number of aliphatic hydroxyl groups excluding tert-OH is 1. The van der Waals surface area contributed by atoms with Crippen LogP contribution in [0.4, 0.5) is 5.69 Å². The van der Waals surface area contributed by atoms with Gasteiger partial charge in [0.25, 0.3) is 0 Å². The minimum Gasteiger partial charge on any atom is -0.468 e. The number of carbonyl (C=O) groups is 1. The quantitative estimate of drug-likeness (QED) is 0.847. The molecule has 5 aliphatic rings. The van der Waals surface area contributed by atoms with Crippen LogP contribution in [0.3, 0.4) is 0 Å². The second-order valence-electron chi connectivity index (χ2n) is 8.31. The van der Waals surface area contributed by atoms with E-state index in [1.165, 1.54) is 18.4 Å². The van der Waals surface area contributed by atoms with Gasteiger partial charge in [0.1, 0.15) is 5.41 Å². The van der Waals surface area contributed by atoms with Crippen LogP contribution in [0.2, 0.25) is 0 Å². The molecule has 0 amide bonds. The Hall–Kier alpha value is -1.72. The third-order valence-electron chi connectivity index (χ3n) is 7.62. The van der Waals surface area contributed by atoms with Crippen LogP contribution in [0.1, 0.15) is 37.7 Å². The Morgan fingerprint density at radius 3 is 2.92 bits per heavy atom. The van der Waals surface area contributed by atoms with E-state index in [4.69, 9.17) is 9.73 Å². The van der Waals surface area contributed by atoms with E-state index >= 15 is 0 Å². The van der Waals surface area contributed by atoms with Gasteiger partial charge >= 0.3 is 5.97 Å². The van der Waals surface area contributed by atoms with Crippen molar-refractivity contribution in [1.29, 1.82) is 0 Å². The highest BCUT2D eigenvalue weighted by molar-refractivity contribution is 6.03. The van der Waals surface area contributed by atoms with E-state index in [0.717, 1.165) is 31.5 Å². The molecule has 6 rings (SSSR count). The van der Waals surface area contributed by atoms with Crippen molar-refractivity contribution in [2.45, 2.75) is 44.2 Å². The molecule has 5 aliphatic heterocycles. The summed E-state index contributed by atoms with van der Waals surface area (Å²) in [6.45, 7) is 3.06. The molecule has 0 aromatic heterocycles. The second-order valence-corrected chi connectivity index (χ2v) is 8.31. The molecule has 26 heavy (non-hydrogen) atoms. The van der Waals surface area contributed by atoms with Crippen molar-refractivity contribution in [1.82, 2.24) is 4.90 Å². The fourth-order valence-corrected chi connectivity index (χ4v) is 6.46. The largest absolute Gasteiger partial charge is 0.468 e. The minimum atomic E-state index is -0.798. The Morgan fingerprint density at radius 2 is 2.19 bits per heavy atom. The third kappa shape index (κ3) is 1.83. The van der Waals surface area contributed by atoms with Crippen LogP contribution in [0, 0.1) is 17.3 Å². The van der Waals surface area contributed by atoms with Crippen LogP contribution >= 0.6 is 0 Å². The molecule has 0 spiro atoms. The molecular weight excluding hydrogens is 328 g/mol. The molecule has 4 bridgehead atoms. The van der Waals surface area contributed by atoms with Gasteiger partial charge in [-0.2, -0.15) is 0 Å². The number of hydrogen-bond donors (Lipinski definition) is 1. The monoisotopic (exact) mass is 354 g/mol. The van der Waals surface area contributed by atoms with Gasteiger partial charge in [-0.05, 0) is 36.3 Å². The lowest BCUT2D eigenvalue weighted by Gasteiger charge is -2.65. The Balaban J connectivity index is 1.63. The molecule has 1 unspecified atom stereocenters. The Morgan fingerprint density at radius 1 is 1.38 bits per heavy atom. The lowest BCUT2D eigenvalue weighted by molar-refractivity contribution is -0.199. The van der Waals surface area contributed by atoms with E-state index < -0.39 is 5.41 Å². The molecule has 1 aromatic rings. The van der Waals surface area contributed by atoms with Crippen molar-refractivity contribution in [3.63, 3.8) is 0 Å². The van der Waals surface area contributed by atoms with Crippen LogP contribution in [0.5, 0.6) is 0 Å². The van der Waals surface area contributed by atoms with Crippen LogP contribution in [-0.2, 0) is 9.53 Å². The minimum absolute atomic E-state index is 0.0293. The number of para-hydroxylation sites is 1. The zero-order valence-corrected chi connectivity index (χ0v) is 15.4. The number of methoxy groups -OCH3 is 1. The molecule has 0 aliphatic carbocycles. The number of rotatable bonds is 3. The number of aliphatic hydroxyl groups is 1. The van der Waals surface area contributed by atoms with Gasteiger partial charge in [0.05, 0.1) is 19.4 Å². The highest BCUT2D eigenvalue weighted by atomic mass is 16.5.